The predicted octanol–water partition coefficient (Wildman–Crippen LogP) is 2.37. The molecule has 2 unspecified atom stereocenters. The van der Waals surface area contributed by atoms with Gasteiger partial charge in [0.15, 0.2) is 0 Å². The first kappa shape index (κ1) is 9.83. The minimum absolute atomic E-state index is 0.511. The van der Waals surface area contributed by atoms with Gasteiger partial charge in [-0.3, -0.25) is 9.69 Å². The molecule has 0 radical (unpaired) electrons. The molecule has 0 spiro atoms. The van der Waals surface area contributed by atoms with Crippen molar-refractivity contribution in [2.75, 3.05) is 0 Å². The van der Waals surface area contributed by atoms with Gasteiger partial charge in [0, 0.05) is 31.0 Å². The van der Waals surface area contributed by atoms with Gasteiger partial charge in [-0.05, 0) is 31.1 Å². The first-order valence-corrected chi connectivity index (χ1v) is 6.34. The third kappa shape index (κ3) is 1.54. The summed E-state index contributed by atoms with van der Waals surface area (Å²) < 4.78 is 0. The zero-order valence-electron chi connectivity index (χ0n) is 9.83. The fourth-order valence-corrected chi connectivity index (χ4v) is 4.03. The van der Waals surface area contributed by atoms with Crippen LogP contribution in [0.3, 0.4) is 0 Å². The van der Waals surface area contributed by atoms with Crippen molar-refractivity contribution in [3.8, 4) is 0 Å². The topological polar surface area (TPSA) is 20.3 Å². The Balaban J connectivity index is 1.71. The number of fused-ring (bicyclic) bond motifs is 2. The molecule has 3 fully saturated rings. The molecule has 1 saturated carbocycles. The molecule has 3 rings (SSSR count). The van der Waals surface area contributed by atoms with Gasteiger partial charge in [-0.2, -0.15) is 0 Å². The molecule has 15 heavy (non-hydrogen) atoms. The van der Waals surface area contributed by atoms with Gasteiger partial charge in [0.1, 0.15) is 5.78 Å². The minimum atomic E-state index is 0.511. The molecule has 84 valence electrons. The van der Waals surface area contributed by atoms with Gasteiger partial charge in [-0.1, -0.05) is 13.8 Å². The standard InChI is InChI=1S/C13H21NO/c1-13(2)7-11(8-13)14-9-3-4-10(14)6-12(15)5-9/h9-11H,3-8H2,1-2H3. The van der Waals surface area contributed by atoms with Gasteiger partial charge >= 0.3 is 0 Å². The molecule has 0 aromatic carbocycles. The van der Waals surface area contributed by atoms with Crippen LogP contribution in [0.1, 0.15) is 52.4 Å². The Kier molecular flexibility index (Phi) is 2.01. The third-order valence-electron chi connectivity index (χ3n) is 4.60. The summed E-state index contributed by atoms with van der Waals surface area (Å²) in [5.41, 5.74) is 0.561. The summed E-state index contributed by atoms with van der Waals surface area (Å²) in [4.78, 5) is 14.2. The molecular formula is C13H21NO. The Bertz CT molecular complexity index is 273. The van der Waals surface area contributed by atoms with Crippen LogP contribution >= 0.6 is 0 Å². The second kappa shape index (κ2) is 3.07. The summed E-state index contributed by atoms with van der Waals surface area (Å²) in [6, 6.07) is 2.01. The Labute approximate surface area is 92.0 Å². The SMILES string of the molecule is CC1(C)CC(N2C3CCC2CC(=O)C3)C1. The number of carbonyl (C=O) groups excluding carboxylic acids is 1. The van der Waals surface area contributed by atoms with Crippen LogP contribution in [0.25, 0.3) is 0 Å². The van der Waals surface area contributed by atoms with Gasteiger partial charge in [0.2, 0.25) is 0 Å². The number of ketones is 1. The molecule has 0 aromatic heterocycles. The molecule has 2 bridgehead atoms. The van der Waals surface area contributed by atoms with E-state index in [1.807, 2.05) is 0 Å². The molecule has 0 N–H and O–H groups in total. The quantitative estimate of drug-likeness (QED) is 0.658. The molecular weight excluding hydrogens is 186 g/mol. The van der Waals surface area contributed by atoms with E-state index in [4.69, 9.17) is 0 Å². The third-order valence-corrected chi connectivity index (χ3v) is 4.60. The van der Waals surface area contributed by atoms with Crippen LogP contribution in [0.5, 0.6) is 0 Å². The highest BCUT2D eigenvalue weighted by Gasteiger charge is 2.49. The maximum absolute atomic E-state index is 11.5. The predicted molar refractivity (Wildman–Crippen MR) is 59.7 cm³/mol. The van der Waals surface area contributed by atoms with E-state index in [-0.39, 0.29) is 0 Å². The largest absolute Gasteiger partial charge is 0.300 e. The lowest BCUT2D eigenvalue weighted by atomic mass is 9.67. The zero-order valence-corrected chi connectivity index (χ0v) is 9.83. The first-order valence-electron chi connectivity index (χ1n) is 6.34. The number of hydrogen-bond acceptors (Lipinski definition) is 2. The van der Waals surface area contributed by atoms with Gasteiger partial charge in [0.05, 0.1) is 0 Å². The maximum Gasteiger partial charge on any atom is 0.136 e. The average Bonchev–Trinajstić information content (AvgIpc) is 2.34. The number of carbonyl (C=O) groups is 1. The van der Waals surface area contributed by atoms with Crippen LogP contribution in [0, 0.1) is 5.41 Å². The lowest BCUT2D eigenvalue weighted by molar-refractivity contribution is -0.126. The minimum Gasteiger partial charge on any atom is -0.300 e. The molecule has 2 heteroatoms. The molecule has 2 atom stereocenters. The van der Waals surface area contributed by atoms with E-state index in [0.717, 1.165) is 18.9 Å². The Morgan fingerprint density at radius 2 is 1.60 bits per heavy atom. The van der Waals surface area contributed by atoms with Crippen molar-refractivity contribution in [3.63, 3.8) is 0 Å². The summed E-state index contributed by atoms with van der Waals surface area (Å²) in [5, 5.41) is 0. The van der Waals surface area contributed by atoms with E-state index in [1.165, 1.54) is 25.7 Å². The number of nitrogens with zero attached hydrogens (tertiary/aromatic N) is 1. The van der Waals surface area contributed by atoms with Crippen molar-refractivity contribution in [1.29, 1.82) is 0 Å². The highest BCUT2D eigenvalue weighted by molar-refractivity contribution is 5.81. The molecule has 2 saturated heterocycles. The van der Waals surface area contributed by atoms with Crippen molar-refractivity contribution in [2.45, 2.75) is 70.5 Å². The van der Waals surface area contributed by atoms with Crippen LogP contribution in [0.15, 0.2) is 0 Å². The summed E-state index contributed by atoms with van der Waals surface area (Å²) in [6.07, 6.45) is 6.91. The fraction of sp³-hybridized carbons (Fsp3) is 0.923. The first-order chi connectivity index (χ1) is 7.05. The molecule has 0 aromatic rings. The van der Waals surface area contributed by atoms with Crippen LogP contribution in [0.2, 0.25) is 0 Å². The zero-order chi connectivity index (χ0) is 10.6. The summed E-state index contributed by atoms with van der Waals surface area (Å²) in [5.74, 6) is 0.511. The Hall–Kier alpha value is -0.370. The van der Waals surface area contributed by atoms with E-state index in [1.54, 1.807) is 0 Å². The summed E-state index contributed by atoms with van der Waals surface area (Å²) in [6.45, 7) is 4.72. The van der Waals surface area contributed by atoms with Crippen LogP contribution < -0.4 is 0 Å². The fourth-order valence-electron chi connectivity index (χ4n) is 4.03. The van der Waals surface area contributed by atoms with Crippen molar-refractivity contribution in [2.24, 2.45) is 5.41 Å². The average molecular weight is 207 g/mol. The normalized spacial score (nSPS) is 40.5. The molecule has 3 aliphatic rings. The van der Waals surface area contributed by atoms with Crippen LogP contribution in [-0.4, -0.2) is 28.8 Å². The summed E-state index contributed by atoms with van der Waals surface area (Å²) >= 11 is 0. The summed E-state index contributed by atoms with van der Waals surface area (Å²) in [7, 11) is 0. The molecule has 2 nitrogen and oxygen atoms in total. The molecule has 0 amide bonds. The second-order valence-corrected chi connectivity index (χ2v) is 6.51. The maximum atomic E-state index is 11.5. The lowest BCUT2D eigenvalue weighted by Gasteiger charge is -2.52. The Morgan fingerprint density at radius 3 is 2.07 bits per heavy atom. The number of hydrogen-bond donors (Lipinski definition) is 0. The molecule has 2 aliphatic heterocycles. The lowest BCUT2D eigenvalue weighted by Crippen LogP contribution is -2.55. The van der Waals surface area contributed by atoms with Gasteiger partial charge < -0.3 is 0 Å². The van der Waals surface area contributed by atoms with E-state index in [0.29, 0.717) is 23.3 Å². The van der Waals surface area contributed by atoms with Crippen LogP contribution in [-0.2, 0) is 4.79 Å². The van der Waals surface area contributed by atoms with Crippen molar-refractivity contribution >= 4 is 5.78 Å². The van der Waals surface area contributed by atoms with Crippen molar-refractivity contribution in [1.82, 2.24) is 4.90 Å². The number of piperidine rings is 1. The molecule has 2 heterocycles. The van der Waals surface area contributed by atoms with Gasteiger partial charge in [0.25, 0.3) is 0 Å². The van der Waals surface area contributed by atoms with Crippen molar-refractivity contribution in [3.05, 3.63) is 0 Å². The number of Topliss-reactive ketones (excluding diaryl/α,β-unsaturated/α-hetero) is 1. The highest BCUT2D eigenvalue weighted by Crippen LogP contribution is 2.48. The van der Waals surface area contributed by atoms with Gasteiger partial charge in [-0.15, -0.1) is 0 Å². The monoisotopic (exact) mass is 207 g/mol. The van der Waals surface area contributed by atoms with Crippen molar-refractivity contribution < 1.29 is 4.79 Å². The molecule has 1 aliphatic carbocycles. The van der Waals surface area contributed by atoms with Gasteiger partial charge in [-0.25, -0.2) is 0 Å². The van der Waals surface area contributed by atoms with E-state index >= 15 is 0 Å². The van der Waals surface area contributed by atoms with Crippen LogP contribution in [0.4, 0.5) is 0 Å². The van der Waals surface area contributed by atoms with E-state index in [9.17, 15) is 4.79 Å². The van der Waals surface area contributed by atoms with E-state index in [2.05, 4.69) is 18.7 Å². The number of rotatable bonds is 1. The van der Waals surface area contributed by atoms with E-state index < -0.39 is 0 Å². The second-order valence-electron chi connectivity index (χ2n) is 6.51. The highest BCUT2D eigenvalue weighted by atomic mass is 16.1. The Morgan fingerprint density at radius 1 is 1.07 bits per heavy atom. The smallest absolute Gasteiger partial charge is 0.136 e.